The molecule has 0 saturated carbocycles. The number of nitrogens with one attached hydrogen (secondary N) is 2. The number of halogens is 1. The molecule has 2 aromatic rings. The van der Waals surface area contributed by atoms with Crippen LogP contribution < -0.4 is 5.32 Å². The molecular weight excluding hydrogens is 330 g/mol. The number of rotatable bonds is 7. The molecule has 2 heterocycles. The average molecular weight is 358 g/mol. The van der Waals surface area contributed by atoms with Crippen LogP contribution in [0, 0.1) is 0 Å². The first-order valence-corrected chi connectivity index (χ1v) is 9.45. The van der Waals surface area contributed by atoms with Gasteiger partial charge in [0.25, 0.3) is 0 Å². The summed E-state index contributed by atoms with van der Waals surface area (Å²) in [6, 6.07) is 6.36. The number of hydrogen-bond donors (Lipinski definition) is 2. The van der Waals surface area contributed by atoms with Crippen LogP contribution in [0.5, 0.6) is 0 Å². The second-order valence-corrected chi connectivity index (χ2v) is 6.35. The van der Waals surface area contributed by atoms with Gasteiger partial charge in [-0.2, -0.15) is 0 Å². The molecule has 0 atom stereocenters. The van der Waals surface area contributed by atoms with E-state index in [1.165, 1.54) is 5.56 Å². The quantitative estimate of drug-likeness (QED) is 0.645. The number of benzene rings is 1. The average Bonchev–Trinajstić information content (AvgIpc) is 3.25. The van der Waals surface area contributed by atoms with Crippen LogP contribution in [0.3, 0.4) is 0 Å². The van der Waals surface area contributed by atoms with Crippen LogP contribution in [0.15, 0.2) is 47.6 Å². The van der Waals surface area contributed by atoms with Crippen molar-refractivity contribution in [3.05, 3.63) is 58.9 Å². The number of fused-ring (bicyclic) bond motifs is 1. The zero-order valence-corrected chi connectivity index (χ0v) is 16.2. The lowest BCUT2D eigenvalue weighted by atomic mass is 10.1. The third-order valence-electron chi connectivity index (χ3n) is 4.00. The van der Waals surface area contributed by atoms with Crippen LogP contribution in [-0.2, 0) is 13.0 Å². The van der Waals surface area contributed by atoms with Crippen molar-refractivity contribution >= 4 is 28.2 Å². The van der Waals surface area contributed by atoms with Crippen molar-refractivity contribution in [2.45, 2.75) is 46.6 Å². The number of aryl methyl sites for hydroxylation is 1. The Labute approximate surface area is 155 Å². The van der Waals surface area contributed by atoms with Crippen LogP contribution in [-0.4, -0.2) is 17.2 Å². The maximum atomic E-state index is 6.35. The first-order chi connectivity index (χ1) is 12.2. The van der Waals surface area contributed by atoms with E-state index in [0.717, 1.165) is 65.4 Å². The Morgan fingerprint density at radius 1 is 1.32 bits per heavy atom. The Morgan fingerprint density at radius 2 is 2.12 bits per heavy atom. The molecule has 0 bridgehead atoms. The lowest BCUT2D eigenvalue weighted by molar-refractivity contribution is 0.785. The molecule has 2 N–H and O–H groups in total. The monoisotopic (exact) mass is 357 g/mol. The third kappa shape index (κ3) is 5.23. The molecule has 0 spiro atoms. The molecule has 0 aliphatic carbocycles. The van der Waals surface area contributed by atoms with Gasteiger partial charge in [-0.15, -0.1) is 0 Å². The van der Waals surface area contributed by atoms with Gasteiger partial charge in [0, 0.05) is 39.4 Å². The van der Waals surface area contributed by atoms with E-state index in [9.17, 15) is 0 Å². The molecular formula is C21H28ClN3. The minimum atomic E-state index is 0.727. The van der Waals surface area contributed by atoms with Gasteiger partial charge in [0.15, 0.2) is 0 Å². The van der Waals surface area contributed by atoms with Gasteiger partial charge in [-0.1, -0.05) is 51.4 Å². The zero-order valence-electron chi connectivity index (χ0n) is 15.5. The molecule has 0 radical (unpaired) electrons. The van der Waals surface area contributed by atoms with Gasteiger partial charge in [-0.05, 0) is 36.3 Å². The normalized spacial score (nSPS) is 12.7. The summed E-state index contributed by atoms with van der Waals surface area (Å²) in [5.74, 6) is 0. The van der Waals surface area contributed by atoms with Crippen LogP contribution in [0.25, 0.3) is 10.9 Å². The van der Waals surface area contributed by atoms with E-state index in [1.54, 1.807) is 0 Å². The lowest BCUT2D eigenvalue weighted by Gasteiger charge is -2.07. The predicted molar refractivity (Wildman–Crippen MR) is 111 cm³/mol. The highest BCUT2D eigenvalue weighted by Gasteiger charge is 2.07. The summed E-state index contributed by atoms with van der Waals surface area (Å²) < 4.78 is 0. The first-order valence-electron chi connectivity index (χ1n) is 9.07. The summed E-state index contributed by atoms with van der Waals surface area (Å²) in [4.78, 5) is 7.85. The Bertz CT molecular complexity index is 784. The van der Waals surface area contributed by atoms with Gasteiger partial charge in [-0.25, -0.2) is 0 Å². The molecule has 1 aromatic heterocycles. The maximum absolute atomic E-state index is 6.35. The SMILES string of the molecule is C=C(CC1=NCC=C1)NCc1cc2cc(Cl)c(CCC)cc2[nH]1.CC. The van der Waals surface area contributed by atoms with E-state index in [-0.39, 0.29) is 0 Å². The highest BCUT2D eigenvalue weighted by atomic mass is 35.5. The number of allylic oxidation sites excluding steroid dienone is 2. The molecule has 134 valence electrons. The van der Waals surface area contributed by atoms with Gasteiger partial charge < -0.3 is 10.3 Å². The van der Waals surface area contributed by atoms with Crippen molar-refractivity contribution in [3.8, 4) is 0 Å². The number of H-pyrrole nitrogens is 1. The van der Waals surface area contributed by atoms with Crippen LogP contribution in [0.2, 0.25) is 5.02 Å². The first kappa shape index (κ1) is 19.3. The summed E-state index contributed by atoms with van der Waals surface area (Å²) in [6.07, 6.45) is 7.01. The molecule has 1 aliphatic heterocycles. The fourth-order valence-electron chi connectivity index (χ4n) is 2.84. The second-order valence-electron chi connectivity index (χ2n) is 5.94. The molecule has 0 amide bonds. The predicted octanol–water partition coefficient (Wildman–Crippen LogP) is 5.80. The lowest BCUT2D eigenvalue weighted by Crippen LogP contribution is -2.14. The Morgan fingerprint density at radius 3 is 2.80 bits per heavy atom. The van der Waals surface area contributed by atoms with E-state index in [4.69, 9.17) is 11.6 Å². The van der Waals surface area contributed by atoms with Gasteiger partial charge >= 0.3 is 0 Å². The number of aliphatic imine (C=N–C) groups is 1. The zero-order chi connectivity index (χ0) is 18.2. The molecule has 3 nitrogen and oxygen atoms in total. The number of aromatic nitrogens is 1. The fraction of sp³-hybridized carbons (Fsp3) is 0.381. The molecule has 25 heavy (non-hydrogen) atoms. The van der Waals surface area contributed by atoms with Crippen molar-refractivity contribution in [1.82, 2.24) is 10.3 Å². The summed E-state index contributed by atoms with van der Waals surface area (Å²) >= 11 is 6.35. The van der Waals surface area contributed by atoms with Crippen molar-refractivity contribution in [2.75, 3.05) is 6.54 Å². The molecule has 1 aromatic carbocycles. The van der Waals surface area contributed by atoms with Crippen LogP contribution in [0.4, 0.5) is 0 Å². The van der Waals surface area contributed by atoms with E-state index in [0.29, 0.717) is 0 Å². The van der Waals surface area contributed by atoms with Gasteiger partial charge in [-0.3, -0.25) is 4.99 Å². The number of aromatic amines is 1. The molecule has 4 heteroatoms. The largest absolute Gasteiger partial charge is 0.383 e. The highest BCUT2D eigenvalue weighted by Crippen LogP contribution is 2.25. The van der Waals surface area contributed by atoms with Crippen molar-refractivity contribution in [3.63, 3.8) is 0 Å². The maximum Gasteiger partial charge on any atom is 0.0577 e. The minimum absolute atomic E-state index is 0.727. The molecule has 0 unspecified atom stereocenters. The van der Waals surface area contributed by atoms with Crippen LogP contribution in [0.1, 0.15) is 44.9 Å². The van der Waals surface area contributed by atoms with Crippen molar-refractivity contribution in [2.24, 2.45) is 4.99 Å². The Kier molecular flexibility index (Phi) is 7.32. The van der Waals surface area contributed by atoms with E-state index in [1.807, 2.05) is 13.8 Å². The number of hydrogen-bond acceptors (Lipinski definition) is 2. The third-order valence-corrected chi connectivity index (χ3v) is 4.35. The van der Waals surface area contributed by atoms with E-state index < -0.39 is 0 Å². The Balaban J connectivity index is 0.00000109. The summed E-state index contributed by atoms with van der Waals surface area (Å²) in [5, 5.41) is 5.38. The van der Waals surface area contributed by atoms with Crippen molar-refractivity contribution in [1.29, 1.82) is 0 Å². The number of nitrogens with zero attached hydrogens (tertiary/aromatic N) is 1. The van der Waals surface area contributed by atoms with Gasteiger partial charge in [0.05, 0.1) is 13.1 Å². The van der Waals surface area contributed by atoms with Crippen LogP contribution >= 0.6 is 11.6 Å². The molecule has 3 rings (SSSR count). The van der Waals surface area contributed by atoms with E-state index in [2.05, 4.69) is 59.1 Å². The minimum Gasteiger partial charge on any atom is -0.383 e. The molecule has 0 saturated heterocycles. The van der Waals surface area contributed by atoms with Gasteiger partial charge in [0.2, 0.25) is 0 Å². The fourth-order valence-corrected chi connectivity index (χ4v) is 3.11. The van der Waals surface area contributed by atoms with E-state index >= 15 is 0 Å². The standard InChI is InChI=1S/C19H22ClN3.C2H6/c1-3-5-14-11-19-15(10-18(14)20)9-17(23-19)12-22-13(2)8-16-6-4-7-21-16;1-2/h4,6,9-11,22-23H,2-3,5,7-8,12H2,1H3;1-2H3. The summed E-state index contributed by atoms with van der Waals surface area (Å²) in [5.41, 5.74) is 5.56. The summed E-state index contributed by atoms with van der Waals surface area (Å²) in [7, 11) is 0. The molecule has 1 aliphatic rings. The second kappa shape index (κ2) is 9.47. The topological polar surface area (TPSA) is 40.2 Å². The van der Waals surface area contributed by atoms with Crippen molar-refractivity contribution < 1.29 is 0 Å². The summed E-state index contributed by atoms with van der Waals surface area (Å²) in [6.45, 7) is 11.8. The van der Waals surface area contributed by atoms with Gasteiger partial charge in [0.1, 0.15) is 0 Å². The molecule has 0 fully saturated rings. The highest BCUT2D eigenvalue weighted by molar-refractivity contribution is 6.32. The smallest absolute Gasteiger partial charge is 0.0577 e. The Hall–Kier alpha value is -2.00.